The molecule has 8 heteroatoms. The number of Topliss-reactive ketones (excluding diaryl/α,β-unsaturated/α-hetero) is 1. The fourth-order valence-corrected chi connectivity index (χ4v) is 1.30. The van der Waals surface area contributed by atoms with E-state index in [0.717, 1.165) is 0 Å². The largest absolute Gasteiger partial charge is 0.466 e. The highest BCUT2D eigenvalue weighted by Gasteiger charge is 2.12. The first-order valence-electron chi connectivity index (χ1n) is 5.07. The Labute approximate surface area is 102 Å². The number of amides is 1. The first-order chi connectivity index (χ1) is 8.60. The van der Waals surface area contributed by atoms with Crippen LogP contribution in [0, 0.1) is 0 Å². The van der Waals surface area contributed by atoms with Crippen LogP contribution in [0.2, 0.25) is 0 Å². The summed E-state index contributed by atoms with van der Waals surface area (Å²) < 4.78 is 4.76. The second-order valence-electron chi connectivity index (χ2n) is 3.48. The minimum Gasteiger partial charge on any atom is -0.466 e. The highest BCUT2D eigenvalue weighted by molar-refractivity contribution is 6.04. The molecule has 0 fully saturated rings. The van der Waals surface area contributed by atoms with Crippen molar-refractivity contribution in [3.05, 3.63) is 23.5 Å². The molecule has 0 radical (unpaired) electrons. The molecule has 0 atom stereocenters. The Morgan fingerprint density at radius 3 is 2.78 bits per heavy atom. The second kappa shape index (κ2) is 4.70. The maximum Gasteiger partial charge on any atom is 0.336 e. The number of H-pyrrole nitrogens is 2. The zero-order valence-electron chi connectivity index (χ0n) is 9.77. The van der Waals surface area contributed by atoms with Crippen LogP contribution in [-0.4, -0.2) is 39.0 Å². The third-order valence-electron chi connectivity index (χ3n) is 2.21. The van der Waals surface area contributed by atoms with Gasteiger partial charge in [-0.05, 0) is 13.0 Å². The van der Waals surface area contributed by atoms with Gasteiger partial charge in [0.2, 0.25) is 5.95 Å². The van der Waals surface area contributed by atoms with E-state index in [-0.39, 0.29) is 23.4 Å². The molecule has 2 heterocycles. The average molecular weight is 249 g/mol. The van der Waals surface area contributed by atoms with E-state index in [4.69, 9.17) is 4.74 Å². The van der Waals surface area contributed by atoms with Gasteiger partial charge in [0.25, 0.3) is 5.91 Å². The Morgan fingerprint density at radius 1 is 1.44 bits per heavy atom. The molecule has 0 aliphatic carbocycles. The van der Waals surface area contributed by atoms with E-state index in [9.17, 15) is 9.59 Å². The summed E-state index contributed by atoms with van der Waals surface area (Å²) in [7, 11) is 1.42. The van der Waals surface area contributed by atoms with Crippen LogP contribution >= 0.6 is 0 Å². The van der Waals surface area contributed by atoms with Crippen molar-refractivity contribution in [3.63, 3.8) is 0 Å². The normalized spacial score (nSPS) is 10.1. The molecule has 0 aliphatic heterocycles. The van der Waals surface area contributed by atoms with Gasteiger partial charge in [-0.1, -0.05) is 0 Å². The highest BCUT2D eigenvalue weighted by atomic mass is 16.5. The van der Waals surface area contributed by atoms with Gasteiger partial charge in [-0.25, -0.2) is 5.10 Å². The quantitative estimate of drug-likeness (QED) is 0.686. The van der Waals surface area contributed by atoms with Gasteiger partial charge in [-0.15, -0.1) is 5.10 Å². The number of methoxy groups -OCH3 is 1. The predicted octanol–water partition coefficient (Wildman–Crippen LogP) is 0.596. The summed E-state index contributed by atoms with van der Waals surface area (Å²) in [5, 5.41) is 8.64. The third kappa shape index (κ3) is 2.37. The lowest BCUT2D eigenvalue weighted by Gasteiger charge is -1.97. The summed E-state index contributed by atoms with van der Waals surface area (Å²) in [4.78, 5) is 29.4. The number of aromatic nitrogens is 4. The van der Waals surface area contributed by atoms with Crippen molar-refractivity contribution < 1.29 is 14.3 Å². The lowest BCUT2D eigenvalue weighted by molar-refractivity contribution is 0.101. The van der Waals surface area contributed by atoms with Gasteiger partial charge in [0.1, 0.15) is 5.69 Å². The molecular formula is C10H11N5O3. The van der Waals surface area contributed by atoms with Crippen LogP contribution in [0.3, 0.4) is 0 Å². The van der Waals surface area contributed by atoms with E-state index in [1.54, 1.807) is 0 Å². The molecule has 3 N–H and O–H groups in total. The Bertz CT molecular complexity index is 586. The number of hydrogen-bond donors (Lipinski definition) is 3. The molecule has 2 rings (SSSR count). The number of anilines is 1. The van der Waals surface area contributed by atoms with Crippen LogP contribution in [0.25, 0.3) is 0 Å². The van der Waals surface area contributed by atoms with Gasteiger partial charge in [-0.3, -0.25) is 14.9 Å². The molecule has 8 nitrogen and oxygen atoms in total. The lowest BCUT2D eigenvalue weighted by atomic mass is 10.2. The first-order valence-corrected chi connectivity index (χ1v) is 5.07. The van der Waals surface area contributed by atoms with E-state index >= 15 is 0 Å². The number of nitrogens with one attached hydrogen (secondary N) is 3. The monoisotopic (exact) mass is 249 g/mol. The number of rotatable bonds is 4. The van der Waals surface area contributed by atoms with Crippen LogP contribution in [-0.2, 0) is 0 Å². The molecule has 1 amide bonds. The van der Waals surface area contributed by atoms with E-state index in [2.05, 4.69) is 25.5 Å². The second-order valence-corrected chi connectivity index (χ2v) is 3.48. The molecule has 0 saturated heterocycles. The number of carbonyl (C=O) groups excluding carboxylic acids is 2. The minimum atomic E-state index is -0.429. The lowest BCUT2D eigenvalue weighted by Crippen LogP contribution is -2.13. The highest BCUT2D eigenvalue weighted by Crippen LogP contribution is 2.08. The first kappa shape index (κ1) is 11.8. The maximum atomic E-state index is 11.8. The Balaban J connectivity index is 2.09. The van der Waals surface area contributed by atoms with Gasteiger partial charge in [-0.2, -0.15) is 4.98 Å². The van der Waals surface area contributed by atoms with Gasteiger partial charge in [0.15, 0.2) is 5.78 Å². The SMILES string of the molecule is COc1n[nH]c(NC(=O)c2cc(C(C)=O)c[nH]2)n1. The zero-order valence-corrected chi connectivity index (χ0v) is 9.77. The Morgan fingerprint density at radius 2 is 2.22 bits per heavy atom. The molecule has 18 heavy (non-hydrogen) atoms. The summed E-state index contributed by atoms with van der Waals surface area (Å²) in [6.07, 6.45) is 1.47. The van der Waals surface area contributed by atoms with E-state index in [0.29, 0.717) is 5.56 Å². The standard InChI is InChI=1S/C10H11N5O3/c1-5(16)6-3-7(11-4-6)8(17)12-9-13-10(18-2)15-14-9/h3-4,11H,1-2H3,(H2,12,13,14,15,17). The molecule has 0 saturated carbocycles. The van der Waals surface area contributed by atoms with Crippen molar-refractivity contribution in [1.82, 2.24) is 20.2 Å². The Hall–Kier alpha value is -2.64. The summed E-state index contributed by atoms with van der Waals surface area (Å²) in [6.45, 7) is 1.42. The number of aromatic amines is 2. The number of nitrogens with zero attached hydrogens (tertiary/aromatic N) is 2. The van der Waals surface area contributed by atoms with Crippen LogP contribution in [0.15, 0.2) is 12.3 Å². The number of ketones is 1. The van der Waals surface area contributed by atoms with Crippen LogP contribution in [0.5, 0.6) is 6.01 Å². The van der Waals surface area contributed by atoms with Crippen molar-refractivity contribution in [2.75, 3.05) is 12.4 Å². The molecule has 94 valence electrons. The summed E-state index contributed by atoms with van der Waals surface area (Å²) in [6, 6.07) is 1.59. The smallest absolute Gasteiger partial charge is 0.336 e. The van der Waals surface area contributed by atoms with Crippen molar-refractivity contribution in [1.29, 1.82) is 0 Å². The topological polar surface area (TPSA) is 113 Å². The zero-order chi connectivity index (χ0) is 13.1. The van der Waals surface area contributed by atoms with Crippen LogP contribution in [0.1, 0.15) is 27.8 Å². The molecule has 2 aromatic heterocycles. The number of ether oxygens (including phenoxy) is 1. The van der Waals surface area contributed by atoms with E-state index in [1.807, 2.05) is 0 Å². The third-order valence-corrected chi connectivity index (χ3v) is 2.21. The van der Waals surface area contributed by atoms with Crippen molar-refractivity contribution in [2.45, 2.75) is 6.92 Å². The fraction of sp³-hybridized carbons (Fsp3) is 0.200. The summed E-state index contributed by atoms with van der Waals surface area (Å²) in [5.41, 5.74) is 0.700. The molecule has 2 aromatic rings. The molecule has 0 aromatic carbocycles. The van der Waals surface area contributed by atoms with Gasteiger partial charge < -0.3 is 9.72 Å². The summed E-state index contributed by atoms with van der Waals surface area (Å²) >= 11 is 0. The number of hydrogen-bond acceptors (Lipinski definition) is 5. The molecule has 0 unspecified atom stereocenters. The maximum absolute atomic E-state index is 11.8. The average Bonchev–Trinajstić information content (AvgIpc) is 2.97. The summed E-state index contributed by atoms with van der Waals surface area (Å²) in [5.74, 6) is -0.385. The van der Waals surface area contributed by atoms with Crippen molar-refractivity contribution in [2.24, 2.45) is 0 Å². The van der Waals surface area contributed by atoms with Crippen LogP contribution in [0.4, 0.5) is 5.95 Å². The molecule has 0 aliphatic rings. The van der Waals surface area contributed by atoms with E-state index < -0.39 is 5.91 Å². The van der Waals surface area contributed by atoms with Gasteiger partial charge in [0, 0.05) is 11.8 Å². The minimum absolute atomic E-state index is 0.119. The molecule has 0 bridgehead atoms. The van der Waals surface area contributed by atoms with Crippen molar-refractivity contribution >= 4 is 17.6 Å². The Kier molecular flexibility index (Phi) is 3.09. The van der Waals surface area contributed by atoms with E-state index in [1.165, 1.54) is 26.3 Å². The molecular weight excluding hydrogens is 238 g/mol. The van der Waals surface area contributed by atoms with Gasteiger partial charge >= 0.3 is 6.01 Å². The van der Waals surface area contributed by atoms with Crippen molar-refractivity contribution in [3.8, 4) is 6.01 Å². The van der Waals surface area contributed by atoms with Crippen LogP contribution < -0.4 is 10.1 Å². The fourth-order valence-electron chi connectivity index (χ4n) is 1.30. The predicted molar refractivity (Wildman–Crippen MR) is 61.7 cm³/mol. The number of carbonyl (C=O) groups is 2. The molecule has 0 spiro atoms. The van der Waals surface area contributed by atoms with Gasteiger partial charge in [0.05, 0.1) is 7.11 Å².